The predicted molar refractivity (Wildman–Crippen MR) is 158 cm³/mol. The lowest BCUT2D eigenvalue weighted by Crippen LogP contribution is -2.55. The van der Waals surface area contributed by atoms with Crippen LogP contribution in [0, 0.1) is 17.3 Å². The summed E-state index contributed by atoms with van der Waals surface area (Å²) in [7, 11) is 1.56. The lowest BCUT2D eigenvalue weighted by Gasteiger charge is -2.52. The van der Waals surface area contributed by atoms with Gasteiger partial charge in [0.2, 0.25) is 11.8 Å². The number of hydrogen-bond acceptors (Lipinski definition) is 6. The number of fused-ring (bicyclic) bond motifs is 2. The molecule has 0 aromatic heterocycles. The van der Waals surface area contributed by atoms with Crippen LogP contribution in [-0.2, 0) is 19.1 Å². The van der Waals surface area contributed by atoms with Crippen molar-refractivity contribution in [3.05, 3.63) is 35.4 Å². The van der Waals surface area contributed by atoms with Crippen molar-refractivity contribution in [1.82, 2.24) is 15.5 Å². The van der Waals surface area contributed by atoms with E-state index in [2.05, 4.69) is 17.6 Å². The van der Waals surface area contributed by atoms with E-state index in [9.17, 15) is 24.0 Å². The van der Waals surface area contributed by atoms with Crippen molar-refractivity contribution in [2.45, 2.75) is 103 Å². The minimum Gasteiger partial charge on any atom is -0.462 e. The summed E-state index contributed by atoms with van der Waals surface area (Å²) in [6, 6.07) is 6.96. The smallest absolute Gasteiger partial charge is 0.306 e. The Morgan fingerprint density at radius 2 is 1.67 bits per heavy atom. The van der Waals surface area contributed by atoms with Gasteiger partial charge in [-0.2, -0.15) is 0 Å². The molecule has 42 heavy (non-hydrogen) atoms. The van der Waals surface area contributed by atoms with Crippen molar-refractivity contribution in [3.63, 3.8) is 0 Å². The van der Waals surface area contributed by atoms with Gasteiger partial charge in [0.1, 0.15) is 6.10 Å². The molecule has 3 aliphatic rings. The fourth-order valence-corrected chi connectivity index (χ4v) is 7.47. The van der Waals surface area contributed by atoms with Crippen LogP contribution < -0.4 is 10.6 Å². The highest BCUT2D eigenvalue weighted by Crippen LogP contribution is 2.54. The molecule has 2 N–H and O–H groups in total. The first-order valence-electron chi connectivity index (χ1n) is 16.0. The summed E-state index contributed by atoms with van der Waals surface area (Å²) in [6.07, 6.45) is 10.6. The molecule has 1 aliphatic heterocycles. The van der Waals surface area contributed by atoms with Crippen LogP contribution in [-0.4, -0.2) is 60.7 Å². The zero-order valence-electron chi connectivity index (χ0n) is 25.3. The summed E-state index contributed by atoms with van der Waals surface area (Å²) in [5.74, 6) is -0.439. The highest BCUT2D eigenvalue weighted by atomic mass is 16.5. The standard InChI is InChI=1S/C33H47N3O6/c1-3-12-25-26-15-8-9-19-33(26,20-18-27(25)42-29(38)17-16-28(37)34-2)32(41)35-21-10-4-5-11-22-36-30(39)23-13-6-7-14-24(23)31(36)40/h6-7,13-14,25-27H,3-5,8-12,15-22H2,1-2H3,(H,34,37)(H,35,41)/t25-,26-,27?,33+/m1/s1. The van der Waals surface area contributed by atoms with Gasteiger partial charge in [-0.3, -0.25) is 28.9 Å². The van der Waals surface area contributed by atoms with Crippen LogP contribution in [0.25, 0.3) is 0 Å². The summed E-state index contributed by atoms with van der Waals surface area (Å²) >= 11 is 0. The number of benzene rings is 1. The minimum atomic E-state index is -0.408. The van der Waals surface area contributed by atoms with E-state index in [1.165, 1.54) is 4.90 Å². The van der Waals surface area contributed by atoms with Gasteiger partial charge in [0.25, 0.3) is 11.8 Å². The molecule has 4 amide bonds. The molecule has 0 saturated heterocycles. The average Bonchev–Trinajstić information content (AvgIpc) is 3.25. The van der Waals surface area contributed by atoms with E-state index in [4.69, 9.17) is 4.74 Å². The van der Waals surface area contributed by atoms with Crippen LogP contribution in [0.15, 0.2) is 24.3 Å². The molecule has 1 aromatic rings. The molecule has 4 atom stereocenters. The number of esters is 1. The fraction of sp³-hybridized carbons (Fsp3) is 0.667. The van der Waals surface area contributed by atoms with Crippen molar-refractivity contribution in [2.24, 2.45) is 17.3 Å². The lowest BCUT2D eigenvalue weighted by atomic mass is 9.54. The Hall–Kier alpha value is -3.23. The minimum absolute atomic E-state index is 0.0730. The average molecular weight is 582 g/mol. The Balaban J connectivity index is 1.23. The summed E-state index contributed by atoms with van der Waals surface area (Å²) in [5.41, 5.74) is 0.564. The third-order valence-electron chi connectivity index (χ3n) is 9.63. The van der Waals surface area contributed by atoms with Crippen molar-refractivity contribution in [3.8, 4) is 0 Å². The van der Waals surface area contributed by atoms with Crippen LogP contribution in [0.3, 0.4) is 0 Å². The number of hydrogen-bond donors (Lipinski definition) is 2. The van der Waals surface area contributed by atoms with Crippen LogP contribution >= 0.6 is 0 Å². The first kappa shape index (κ1) is 31.7. The van der Waals surface area contributed by atoms with Gasteiger partial charge in [-0.1, -0.05) is 51.2 Å². The fourth-order valence-electron chi connectivity index (χ4n) is 7.47. The molecule has 4 rings (SSSR count). The Labute approximate surface area is 249 Å². The Morgan fingerprint density at radius 1 is 0.952 bits per heavy atom. The third kappa shape index (κ3) is 7.04. The molecule has 9 heteroatoms. The number of carbonyl (C=O) groups excluding carboxylic acids is 5. The number of rotatable bonds is 14. The van der Waals surface area contributed by atoms with Crippen LogP contribution in [0.5, 0.6) is 0 Å². The molecule has 230 valence electrons. The zero-order chi connectivity index (χ0) is 30.1. The molecular weight excluding hydrogens is 534 g/mol. The van der Waals surface area contributed by atoms with Crippen molar-refractivity contribution < 1.29 is 28.7 Å². The molecule has 2 fully saturated rings. The van der Waals surface area contributed by atoms with Crippen LogP contribution in [0.4, 0.5) is 0 Å². The molecule has 0 spiro atoms. The molecule has 2 aliphatic carbocycles. The van der Waals surface area contributed by atoms with Crippen molar-refractivity contribution in [1.29, 1.82) is 0 Å². The molecule has 9 nitrogen and oxygen atoms in total. The quantitative estimate of drug-likeness (QED) is 0.185. The van der Waals surface area contributed by atoms with Gasteiger partial charge in [0.15, 0.2) is 0 Å². The monoisotopic (exact) mass is 581 g/mol. The number of ether oxygens (including phenoxy) is 1. The van der Waals surface area contributed by atoms with E-state index >= 15 is 0 Å². The van der Waals surface area contributed by atoms with Crippen molar-refractivity contribution in [2.75, 3.05) is 20.1 Å². The van der Waals surface area contributed by atoms with E-state index in [-0.39, 0.29) is 60.4 Å². The van der Waals surface area contributed by atoms with E-state index < -0.39 is 5.41 Å². The third-order valence-corrected chi connectivity index (χ3v) is 9.63. The van der Waals surface area contributed by atoms with Gasteiger partial charge in [-0.25, -0.2) is 0 Å². The summed E-state index contributed by atoms with van der Waals surface area (Å²) < 4.78 is 5.93. The predicted octanol–water partition coefficient (Wildman–Crippen LogP) is 4.78. The number of nitrogens with one attached hydrogen (secondary N) is 2. The molecule has 2 saturated carbocycles. The summed E-state index contributed by atoms with van der Waals surface area (Å²) in [5, 5.41) is 5.79. The first-order valence-corrected chi connectivity index (χ1v) is 16.0. The Bertz CT molecular complexity index is 1120. The lowest BCUT2D eigenvalue weighted by molar-refractivity contribution is -0.167. The molecule has 1 aromatic carbocycles. The Kier molecular flexibility index (Phi) is 11.2. The number of unbranched alkanes of at least 4 members (excludes halogenated alkanes) is 3. The molecule has 0 radical (unpaired) electrons. The number of amides is 4. The highest BCUT2D eigenvalue weighted by molar-refractivity contribution is 6.21. The highest BCUT2D eigenvalue weighted by Gasteiger charge is 2.54. The Morgan fingerprint density at radius 3 is 2.36 bits per heavy atom. The second-order valence-electron chi connectivity index (χ2n) is 12.2. The zero-order valence-corrected chi connectivity index (χ0v) is 25.3. The molecule has 1 heterocycles. The van der Waals surface area contributed by atoms with Gasteiger partial charge in [0.05, 0.1) is 23.0 Å². The van der Waals surface area contributed by atoms with Crippen LogP contribution in [0.2, 0.25) is 0 Å². The van der Waals surface area contributed by atoms with Crippen molar-refractivity contribution >= 4 is 29.6 Å². The topological polar surface area (TPSA) is 122 Å². The van der Waals surface area contributed by atoms with Gasteiger partial charge < -0.3 is 15.4 Å². The summed E-state index contributed by atoms with van der Waals surface area (Å²) in [4.78, 5) is 64.3. The van der Waals surface area contributed by atoms with Gasteiger partial charge >= 0.3 is 5.97 Å². The van der Waals surface area contributed by atoms with Gasteiger partial charge in [0, 0.05) is 26.6 Å². The second-order valence-corrected chi connectivity index (χ2v) is 12.2. The number of carbonyl (C=O) groups is 5. The van der Waals surface area contributed by atoms with Gasteiger partial charge in [-0.15, -0.1) is 0 Å². The molecule has 0 bridgehead atoms. The maximum absolute atomic E-state index is 13.7. The van der Waals surface area contributed by atoms with Gasteiger partial charge in [-0.05, 0) is 68.9 Å². The van der Waals surface area contributed by atoms with Crippen LogP contribution in [0.1, 0.15) is 118 Å². The normalized spacial score (nSPS) is 25.0. The SMILES string of the molecule is CCC[C@H]1C(OC(=O)CCC(=O)NC)CC[C@@]2(C(=O)NCCCCCCN3C(=O)c4ccccc4C3=O)CCCC[C@H]12. The van der Waals surface area contributed by atoms with E-state index in [0.29, 0.717) is 30.6 Å². The number of nitrogens with zero attached hydrogens (tertiary/aromatic N) is 1. The molecular formula is C33H47N3O6. The summed E-state index contributed by atoms with van der Waals surface area (Å²) in [6.45, 7) is 3.16. The van der Waals surface area contributed by atoms with E-state index in [1.54, 1.807) is 31.3 Å². The largest absolute Gasteiger partial charge is 0.462 e. The maximum Gasteiger partial charge on any atom is 0.306 e. The number of imide groups is 1. The van der Waals surface area contributed by atoms with E-state index in [1.807, 2.05) is 0 Å². The maximum atomic E-state index is 13.7. The van der Waals surface area contributed by atoms with E-state index in [0.717, 1.165) is 70.6 Å². The first-order chi connectivity index (χ1) is 20.3. The second kappa shape index (κ2) is 14.8. The molecule has 1 unspecified atom stereocenters.